The van der Waals surface area contributed by atoms with E-state index < -0.39 is 9.84 Å². The molecule has 18 heavy (non-hydrogen) atoms. The van der Waals surface area contributed by atoms with Crippen molar-refractivity contribution in [1.82, 2.24) is 0 Å². The molecule has 4 nitrogen and oxygen atoms in total. The van der Waals surface area contributed by atoms with Gasteiger partial charge in [-0.25, -0.2) is 8.42 Å². The highest BCUT2D eigenvalue weighted by molar-refractivity contribution is 14.1. The smallest absolute Gasteiger partial charge is 0.154 e. The second kappa shape index (κ2) is 6.21. The van der Waals surface area contributed by atoms with Crippen molar-refractivity contribution < 1.29 is 17.9 Å². The molecule has 1 aliphatic rings. The third-order valence-corrected chi connectivity index (χ3v) is 6.21. The Morgan fingerprint density at radius 1 is 1.17 bits per heavy atom. The maximum absolute atomic E-state index is 11.4. The number of alkyl halides is 1. The first-order chi connectivity index (χ1) is 8.57. The topological polar surface area (TPSA) is 52.6 Å². The van der Waals surface area contributed by atoms with E-state index in [2.05, 4.69) is 22.6 Å². The zero-order valence-electron chi connectivity index (χ0n) is 9.79. The highest BCUT2D eigenvalue weighted by Gasteiger charge is 2.36. The fourth-order valence-electron chi connectivity index (χ4n) is 1.80. The van der Waals surface area contributed by atoms with Gasteiger partial charge in [0.1, 0.15) is 12.4 Å². The van der Waals surface area contributed by atoms with Gasteiger partial charge in [-0.2, -0.15) is 0 Å². The van der Waals surface area contributed by atoms with Gasteiger partial charge in [-0.3, -0.25) is 0 Å². The summed E-state index contributed by atoms with van der Waals surface area (Å²) in [6, 6.07) is 9.48. The van der Waals surface area contributed by atoms with Crippen molar-refractivity contribution in [2.24, 2.45) is 0 Å². The van der Waals surface area contributed by atoms with E-state index in [-0.39, 0.29) is 21.5 Å². The quantitative estimate of drug-likeness (QED) is 0.442. The van der Waals surface area contributed by atoms with Crippen LogP contribution in [0.5, 0.6) is 5.75 Å². The molecule has 2 rings (SSSR count). The number of rotatable bonds is 5. The van der Waals surface area contributed by atoms with Crippen LogP contribution in [0.4, 0.5) is 0 Å². The number of hydrogen-bond donors (Lipinski definition) is 0. The fourth-order valence-corrected chi connectivity index (χ4v) is 5.92. The Balaban J connectivity index is 1.70. The summed E-state index contributed by atoms with van der Waals surface area (Å²) < 4.78 is 33.9. The Hall–Kier alpha value is -0.340. The van der Waals surface area contributed by atoms with E-state index in [0.717, 1.165) is 5.75 Å². The van der Waals surface area contributed by atoms with Crippen molar-refractivity contribution in [2.45, 2.75) is 10.0 Å². The zero-order chi connectivity index (χ0) is 13.0. The summed E-state index contributed by atoms with van der Waals surface area (Å²) in [7, 11) is -2.91. The predicted molar refractivity (Wildman–Crippen MR) is 78.1 cm³/mol. The maximum atomic E-state index is 11.4. The molecule has 0 saturated carbocycles. The lowest BCUT2D eigenvalue weighted by atomic mass is 10.3. The monoisotopic (exact) mass is 382 g/mol. The molecule has 100 valence electrons. The minimum absolute atomic E-state index is 0.0457. The first kappa shape index (κ1) is 14.1. The lowest BCUT2D eigenvalue weighted by Crippen LogP contribution is -2.24. The van der Waals surface area contributed by atoms with Crippen LogP contribution in [0.2, 0.25) is 0 Å². The Morgan fingerprint density at radius 3 is 2.50 bits per heavy atom. The first-order valence-electron chi connectivity index (χ1n) is 5.71. The van der Waals surface area contributed by atoms with Crippen LogP contribution in [0.1, 0.15) is 0 Å². The Kier molecular flexibility index (Phi) is 4.85. The van der Waals surface area contributed by atoms with Gasteiger partial charge in [0.2, 0.25) is 0 Å². The van der Waals surface area contributed by atoms with Crippen LogP contribution in [0.15, 0.2) is 30.3 Å². The third-order valence-electron chi connectivity index (χ3n) is 2.66. The minimum Gasteiger partial charge on any atom is -0.491 e. The summed E-state index contributed by atoms with van der Waals surface area (Å²) in [6.45, 7) is 0.846. The fraction of sp³-hybridized carbons (Fsp3) is 0.500. The molecule has 6 heteroatoms. The number of para-hydroxylation sites is 1. The van der Waals surface area contributed by atoms with Crippen LogP contribution in [0, 0.1) is 0 Å². The van der Waals surface area contributed by atoms with E-state index >= 15 is 0 Å². The zero-order valence-corrected chi connectivity index (χ0v) is 12.8. The van der Waals surface area contributed by atoms with Crippen LogP contribution < -0.4 is 4.74 Å². The summed E-state index contributed by atoms with van der Waals surface area (Å²) in [5.74, 6) is 1.15. The number of sulfone groups is 1. The van der Waals surface area contributed by atoms with E-state index in [9.17, 15) is 8.42 Å². The normalized spacial score (nSPS) is 26.1. The molecular formula is C12H15IO4S. The van der Waals surface area contributed by atoms with Crippen LogP contribution >= 0.6 is 22.6 Å². The van der Waals surface area contributed by atoms with Crippen molar-refractivity contribution in [3.05, 3.63) is 30.3 Å². The first-order valence-corrected chi connectivity index (χ1v) is 8.77. The average Bonchev–Trinajstić information content (AvgIpc) is 2.59. The standard InChI is InChI=1S/C12H15IO4S/c13-11-8-18(14,15)9-12(11)17-7-6-16-10-4-2-1-3-5-10/h1-5,11-12H,6-9H2. The van der Waals surface area contributed by atoms with Gasteiger partial charge < -0.3 is 9.47 Å². The lowest BCUT2D eigenvalue weighted by molar-refractivity contribution is 0.0538. The minimum atomic E-state index is -2.91. The molecule has 0 amide bonds. The summed E-state index contributed by atoms with van der Waals surface area (Å²) >= 11 is 2.14. The van der Waals surface area contributed by atoms with Gasteiger partial charge in [0.25, 0.3) is 0 Å². The molecule has 0 spiro atoms. The van der Waals surface area contributed by atoms with Crippen molar-refractivity contribution >= 4 is 32.4 Å². The Bertz CT molecular complexity index is 474. The second-order valence-corrected chi connectivity index (χ2v) is 7.92. The van der Waals surface area contributed by atoms with E-state index in [1.165, 1.54) is 0 Å². The molecule has 1 saturated heterocycles. The summed E-state index contributed by atoms with van der Waals surface area (Å²) in [4.78, 5) is 0. The molecule has 0 radical (unpaired) electrons. The summed E-state index contributed by atoms with van der Waals surface area (Å²) in [5.41, 5.74) is 0. The molecule has 1 aromatic carbocycles. The maximum Gasteiger partial charge on any atom is 0.154 e. The van der Waals surface area contributed by atoms with E-state index in [4.69, 9.17) is 9.47 Å². The molecule has 1 aliphatic heterocycles. The van der Waals surface area contributed by atoms with Crippen LogP contribution in [-0.2, 0) is 14.6 Å². The Morgan fingerprint density at radius 2 is 1.89 bits per heavy atom. The molecule has 1 fully saturated rings. The van der Waals surface area contributed by atoms with Crippen molar-refractivity contribution in [1.29, 1.82) is 0 Å². The molecule has 0 aromatic heterocycles. The van der Waals surface area contributed by atoms with E-state index in [1.54, 1.807) is 0 Å². The molecule has 1 heterocycles. The van der Waals surface area contributed by atoms with Gasteiger partial charge in [0.15, 0.2) is 9.84 Å². The molecule has 2 unspecified atom stereocenters. The van der Waals surface area contributed by atoms with Gasteiger partial charge in [-0.1, -0.05) is 40.8 Å². The molecule has 2 atom stereocenters. The highest BCUT2D eigenvalue weighted by Crippen LogP contribution is 2.22. The number of halogens is 1. The Labute approximate surface area is 121 Å². The van der Waals surface area contributed by atoms with Crippen molar-refractivity contribution in [3.8, 4) is 5.75 Å². The molecule has 0 N–H and O–H groups in total. The predicted octanol–water partition coefficient (Wildman–Crippen LogP) is 1.68. The van der Waals surface area contributed by atoms with Gasteiger partial charge >= 0.3 is 0 Å². The van der Waals surface area contributed by atoms with Crippen molar-refractivity contribution in [2.75, 3.05) is 24.7 Å². The number of benzene rings is 1. The molecule has 0 aliphatic carbocycles. The largest absolute Gasteiger partial charge is 0.491 e. The SMILES string of the molecule is O=S1(=O)CC(I)C(OCCOc2ccccc2)C1. The van der Waals surface area contributed by atoms with Gasteiger partial charge in [0.05, 0.1) is 28.1 Å². The van der Waals surface area contributed by atoms with Crippen molar-refractivity contribution in [3.63, 3.8) is 0 Å². The lowest BCUT2D eigenvalue weighted by Gasteiger charge is -2.14. The average molecular weight is 382 g/mol. The summed E-state index contributed by atoms with van der Waals surface area (Å²) in [5, 5.41) is 0. The molecule has 1 aromatic rings. The van der Waals surface area contributed by atoms with E-state index in [0.29, 0.717) is 13.2 Å². The van der Waals surface area contributed by atoms with Crippen LogP contribution in [0.25, 0.3) is 0 Å². The van der Waals surface area contributed by atoms with Gasteiger partial charge in [-0.05, 0) is 12.1 Å². The number of ether oxygens (including phenoxy) is 2. The highest BCUT2D eigenvalue weighted by atomic mass is 127. The molecule has 0 bridgehead atoms. The van der Waals surface area contributed by atoms with Gasteiger partial charge in [-0.15, -0.1) is 0 Å². The number of hydrogen-bond acceptors (Lipinski definition) is 4. The molecular weight excluding hydrogens is 367 g/mol. The second-order valence-electron chi connectivity index (χ2n) is 4.16. The van der Waals surface area contributed by atoms with E-state index in [1.807, 2.05) is 30.3 Å². The third kappa shape index (κ3) is 4.10. The van der Waals surface area contributed by atoms with Gasteiger partial charge in [0, 0.05) is 0 Å². The van der Waals surface area contributed by atoms with Crippen LogP contribution in [-0.4, -0.2) is 43.2 Å². The summed E-state index contributed by atoms with van der Waals surface area (Å²) in [6.07, 6.45) is -0.199. The van der Waals surface area contributed by atoms with Crippen LogP contribution in [0.3, 0.4) is 0 Å².